The second-order valence-electron chi connectivity index (χ2n) is 6.38. The Morgan fingerprint density at radius 1 is 1.24 bits per heavy atom. The summed E-state index contributed by atoms with van der Waals surface area (Å²) >= 11 is 0. The molecule has 112 valence electrons. The number of anilines is 1. The van der Waals surface area contributed by atoms with Crippen LogP contribution in [0.3, 0.4) is 0 Å². The molecule has 1 spiro atoms. The van der Waals surface area contributed by atoms with E-state index < -0.39 is 6.29 Å². The van der Waals surface area contributed by atoms with E-state index in [1.807, 2.05) is 6.07 Å². The topological polar surface area (TPSA) is 65.0 Å². The van der Waals surface area contributed by atoms with E-state index in [1.165, 1.54) is 6.42 Å². The molecule has 1 N–H and O–H groups in total. The molecule has 2 aliphatic carbocycles. The van der Waals surface area contributed by atoms with Crippen LogP contribution in [0.5, 0.6) is 0 Å². The van der Waals surface area contributed by atoms with Crippen molar-refractivity contribution in [2.45, 2.75) is 19.1 Å². The first kappa shape index (κ1) is 13.3. The van der Waals surface area contributed by atoms with Crippen LogP contribution in [0.15, 0.2) is 36.4 Å². The zero-order chi connectivity index (χ0) is 14.4. The molecule has 1 heterocycles. The van der Waals surface area contributed by atoms with Crippen LogP contribution in [0.25, 0.3) is 0 Å². The molecule has 3 aliphatic rings. The van der Waals surface area contributed by atoms with Crippen molar-refractivity contribution in [2.24, 2.45) is 17.3 Å². The molecule has 0 radical (unpaired) electrons. The van der Waals surface area contributed by atoms with Crippen LogP contribution in [0.2, 0.25) is 0 Å². The second-order valence-corrected chi connectivity index (χ2v) is 6.38. The molecule has 5 heteroatoms. The van der Waals surface area contributed by atoms with Gasteiger partial charge in [-0.15, -0.1) is 0 Å². The van der Waals surface area contributed by atoms with E-state index in [2.05, 4.69) is 12.2 Å². The smallest absolute Gasteiger partial charge is 0.183 e. The predicted molar refractivity (Wildman–Crippen MR) is 76.5 cm³/mol. The van der Waals surface area contributed by atoms with Crippen molar-refractivity contribution < 1.29 is 14.7 Å². The van der Waals surface area contributed by atoms with Gasteiger partial charge in [-0.1, -0.05) is 24.3 Å². The highest BCUT2D eigenvalue weighted by Crippen LogP contribution is 2.54. The Morgan fingerprint density at radius 3 is 2.67 bits per heavy atom. The fourth-order valence-electron chi connectivity index (χ4n) is 3.94. The number of benzene rings is 1. The number of fused-ring (bicyclic) bond motifs is 3. The van der Waals surface area contributed by atoms with Gasteiger partial charge in [0.2, 0.25) is 0 Å². The van der Waals surface area contributed by atoms with Crippen molar-refractivity contribution >= 4 is 5.69 Å². The highest BCUT2D eigenvalue weighted by molar-refractivity contribution is 5.46. The van der Waals surface area contributed by atoms with Crippen molar-refractivity contribution in [1.29, 1.82) is 0 Å². The molecule has 1 aromatic rings. The highest BCUT2D eigenvalue weighted by Gasteiger charge is 2.51. The van der Waals surface area contributed by atoms with E-state index >= 15 is 0 Å². The molecule has 0 amide bonds. The van der Waals surface area contributed by atoms with Crippen LogP contribution in [0.4, 0.5) is 5.69 Å². The molecule has 2 fully saturated rings. The molecule has 5 nitrogen and oxygen atoms in total. The van der Waals surface area contributed by atoms with Gasteiger partial charge < -0.3 is 19.9 Å². The van der Waals surface area contributed by atoms with Crippen molar-refractivity contribution in [3.05, 3.63) is 47.2 Å². The minimum atomic E-state index is -0.460. The van der Waals surface area contributed by atoms with E-state index in [-0.39, 0.29) is 16.3 Å². The third-order valence-corrected chi connectivity index (χ3v) is 5.04. The third-order valence-electron chi connectivity index (χ3n) is 5.04. The van der Waals surface area contributed by atoms with Gasteiger partial charge in [-0.2, -0.15) is 0 Å². The van der Waals surface area contributed by atoms with Gasteiger partial charge in [0.25, 0.3) is 0 Å². The SMILES string of the molecule is [O-]N(O)c1cccc(C2OCC3(CO2)C[C@H]2C=C[C@H]3C2)c1. The number of rotatable bonds is 2. The Bertz CT molecular complexity index is 563. The maximum absolute atomic E-state index is 11.0. The Labute approximate surface area is 123 Å². The molecule has 1 aromatic carbocycles. The van der Waals surface area contributed by atoms with Gasteiger partial charge in [-0.3, -0.25) is 5.21 Å². The number of allylic oxidation sites excluding steroid dienone is 2. The van der Waals surface area contributed by atoms with Gasteiger partial charge in [-0.05, 0) is 36.8 Å². The lowest BCUT2D eigenvalue weighted by molar-refractivity contribution is -0.239. The fourth-order valence-corrected chi connectivity index (χ4v) is 3.94. The molecule has 1 saturated carbocycles. The van der Waals surface area contributed by atoms with Gasteiger partial charge in [0, 0.05) is 11.0 Å². The summed E-state index contributed by atoms with van der Waals surface area (Å²) in [7, 11) is 0. The van der Waals surface area contributed by atoms with Crippen molar-refractivity contribution in [3.8, 4) is 0 Å². The van der Waals surface area contributed by atoms with Crippen molar-refractivity contribution in [2.75, 3.05) is 18.4 Å². The van der Waals surface area contributed by atoms with Gasteiger partial charge in [0.1, 0.15) is 0 Å². The summed E-state index contributed by atoms with van der Waals surface area (Å²) in [5.41, 5.74) is 1.08. The molecular formula is C16H18NO4-. The van der Waals surface area contributed by atoms with Gasteiger partial charge >= 0.3 is 0 Å². The largest absolute Gasteiger partial charge is 0.733 e. The molecule has 2 bridgehead atoms. The first-order valence-electron chi connectivity index (χ1n) is 7.34. The quantitative estimate of drug-likeness (QED) is 0.669. The maximum Gasteiger partial charge on any atom is 0.183 e. The highest BCUT2D eigenvalue weighted by atomic mass is 16.8. The molecule has 1 aliphatic heterocycles. The summed E-state index contributed by atoms with van der Waals surface area (Å²) in [5.74, 6) is 1.26. The lowest BCUT2D eigenvalue weighted by atomic mass is 9.76. The average Bonchev–Trinajstić information content (AvgIpc) is 3.09. The first-order chi connectivity index (χ1) is 10.2. The number of ether oxygens (including phenoxy) is 2. The summed E-state index contributed by atoms with van der Waals surface area (Å²) in [6.07, 6.45) is 6.53. The molecule has 0 aromatic heterocycles. The minimum Gasteiger partial charge on any atom is -0.733 e. The predicted octanol–water partition coefficient (Wildman–Crippen LogP) is 3.01. The normalized spacial score (nSPS) is 37.3. The lowest BCUT2D eigenvalue weighted by Gasteiger charge is -2.41. The number of hydrogen-bond donors (Lipinski definition) is 1. The van der Waals surface area contributed by atoms with E-state index in [4.69, 9.17) is 14.7 Å². The van der Waals surface area contributed by atoms with Gasteiger partial charge in [0.15, 0.2) is 6.29 Å². The van der Waals surface area contributed by atoms with Crippen LogP contribution in [0, 0.1) is 22.5 Å². The summed E-state index contributed by atoms with van der Waals surface area (Å²) in [6, 6.07) is 6.69. The Hall–Kier alpha value is -1.40. The van der Waals surface area contributed by atoms with Crippen LogP contribution >= 0.6 is 0 Å². The summed E-state index contributed by atoms with van der Waals surface area (Å²) in [4.78, 5) is 0. The zero-order valence-corrected chi connectivity index (χ0v) is 11.6. The van der Waals surface area contributed by atoms with E-state index in [0.717, 1.165) is 12.0 Å². The molecule has 21 heavy (non-hydrogen) atoms. The summed E-state index contributed by atoms with van der Waals surface area (Å²) in [6.45, 7) is 1.38. The Balaban J connectivity index is 1.48. The Morgan fingerprint density at radius 2 is 2.05 bits per heavy atom. The van der Waals surface area contributed by atoms with E-state index in [1.54, 1.807) is 18.2 Å². The van der Waals surface area contributed by atoms with Gasteiger partial charge in [0.05, 0.1) is 18.9 Å². The summed E-state index contributed by atoms with van der Waals surface area (Å²) in [5, 5.41) is 19.8. The fraction of sp³-hybridized carbons (Fsp3) is 0.500. The standard InChI is InChI=1S/C16H18NO4/c18-17(19)14-3-1-2-12(7-14)15-20-9-16(10-21-15)8-11-4-5-13(16)6-11/h1-5,7,11,13,15,18H,6,8-10H2/q-1/t11-,13-,15?,16?/m0/s1. The van der Waals surface area contributed by atoms with Crippen LogP contribution in [-0.4, -0.2) is 18.4 Å². The molecule has 0 unspecified atom stereocenters. The van der Waals surface area contributed by atoms with E-state index in [0.29, 0.717) is 25.0 Å². The zero-order valence-electron chi connectivity index (χ0n) is 11.6. The van der Waals surface area contributed by atoms with E-state index in [9.17, 15) is 5.21 Å². The molecular weight excluding hydrogens is 270 g/mol. The van der Waals surface area contributed by atoms with Crippen LogP contribution < -0.4 is 5.23 Å². The number of hydrogen-bond acceptors (Lipinski definition) is 5. The molecule has 2 atom stereocenters. The monoisotopic (exact) mass is 288 g/mol. The maximum atomic E-state index is 11.0. The summed E-state index contributed by atoms with van der Waals surface area (Å²) < 4.78 is 11.9. The molecule has 1 saturated heterocycles. The van der Waals surface area contributed by atoms with Gasteiger partial charge in [-0.25, -0.2) is 0 Å². The molecule has 4 rings (SSSR count). The Kier molecular flexibility index (Phi) is 3.04. The number of nitrogens with zero attached hydrogens (tertiary/aromatic N) is 1. The first-order valence-corrected chi connectivity index (χ1v) is 7.34. The van der Waals surface area contributed by atoms with Crippen molar-refractivity contribution in [3.63, 3.8) is 0 Å². The van der Waals surface area contributed by atoms with Crippen LogP contribution in [-0.2, 0) is 9.47 Å². The second kappa shape index (κ2) is 4.81. The average molecular weight is 288 g/mol. The lowest BCUT2D eigenvalue weighted by Crippen LogP contribution is -2.41. The third kappa shape index (κ3) is 2.17. The minimum absolute atomic E-state index is 0.134. The van der Waals surface area contributed by atoms with Crippen LogP contribution in [0.1, 0.15) is 24.7 Å². The van der Waals surface area contributed by atoms with Crippen molar-refractivity contribution in [1.82, 2.24) is 0 Å².